The Morgan fingerprint density at radius 1 is 1.32 bits per heavy atom. The predicted molar refractivity (Wildman–Crippen MR) is 95.6 cm³/mol. The van der Waals surface area contributed by atoms with E-state index in [9.17, 15) is 19.7 Å². The first-order valence-electron chi connectivity index (χ1n) is 7.72. The van der Waals surface area contributed by atoms with Crippen molar-refractivity contribution in [2.75, 3.05) is 13.6 Å². The summed E-state index contributed by atoms with van der Waals surface area (Å²) in [5, 5.41) is 15.4. The van der Waals surface area contributed by atoms with Crippen molar-refractivity contribution < 1.29 is 14.5 Å². The summed E-state index contributed by atoms with van der Waals surface area (Å²) in [5.41, 5.74) is 0.682. The molecular formula is C17H19N3O4S. The minimum atomic E-state index is -0.460. The van der Waals surface area contributed by atoms with Crippen molar-refractivity contribution in [2.45, 2.75) is 19.4 Å². The first-order chi connectivity index (χ1) is 11.9. The van der Waals surface area contributed by atoms with E-state index in [0.717, 1.165) is 0 Å². The Kier molecular flexibility index (Phi) is 6.24. The van der Waals surface area contributed by atoms with Crippen LogP contribution in [0.1, 0.15) is 34.6 Å². The van der Waals surface area contributed by atoms with Crippen LogP contribution in [-0.2, 0) is 4.79 Å². The topological polar surface area (TPSA) is 92.6 Å². The maximum atomic E-state index is 12.3. The van der Waals surface area contributed by atoms with Gasteiger partial charge in [0.25, 0.3) is 11.6 Å². The van der Waals surface area contributed by atoms with Gasteiger partial charge in [-0.25, -0.2) is 0 Å². The number of hydrogen-bond acceptors (Lipinski definition) is 5. The third-order valence-electron chi connectivity index (χ3n) is 3.91. The molecule has 2 amide bonds. The van der Waals surface area contributed by atoms with Gasteiger partial charge in [-0.2, -0.15) is 0 Å². The summed E-state index contributed by atoms with van der Waals surface area (Å²) >= 11 is 1.34. The van der Waals surface area contributed by atoms with E-state index in [0.29, 0.717) is 10.4 Å². The zero-order valence-electron chi connectivity index (χ0n) is 14.0. The summed E-state index contributed by atoms with van der Waals surface area (Å²) in [6.45, 7) is 2.04. The van der Waals surface area contributed by atoms with Crippen molar-refractivity contribution in [3.8, 4) is 0 Å². The van der Waals surface area contributed by atoms with Gasteiger partial charge in [0, 0.05) is 32.1 Å². The molecule has 1 aromatic carbocycles. The minimum Gasteiger partial charge on any atom is -0.351 e. The second-order valence-corrected chi connectivity index (χ2v) is 6.46. The van der Waals surface area contributed by atoms with Crippen LogP contribution < -0.4 is 5.32 Å². The lowest BCUT2D eigenvalue weighted by Gasteiger charge is -2.25. The molecule has 1 aromatic heterocycles. The third-order valence-corrected chi connectivity index (χ3v) is 4.78. The molecule has 0 unspecified atom stereocenters. The molecule has 0 saturated carbocycles. The molecule has 2 aromatic rings. The van der Waals surface area contributed by atoms with E-state index in [1.807, 2.05) is 5.38 Å². The Morgan fingerprint density at radius 2 is 2.08 bits per heavy atom. The molecule has 1 atom stereocenters. The number of nitro benzene ring substituents is 1. The highest BCUT2D eigenvalue weighted by Crippen LogP contribution is 2.23. The Balaban J connectivity index is 1.89. The Labute approximate surface area is 149 Å². The number of carbonyl (C=O) groups is 2. The third kappa shape index (κ3) is 4.87. The van der Waals surface area contributed by atoms with E-state index in [2.05, 4.69) is 5.32 Å². The van der Waals surface area contributed by atoms with Gasteiger partial charge >= 0.3 is 0 Å². The number of non-ortho nitro benzene ring substituents is 1. The number of nitrogens with zero attached hydrogens (tertiary/aromatic N) is 2. The maximum absolute atomic E-state index is 12.3. The second kappa shape index (κ2) is 8.39. The van der Waals surface area contributed by atoms with Gasteiger partial charge < -0.3 is 10.2 Å². The molecule has 0 aliphatic heterocycles. The van der Waals surface area contributed by atoms with Crippen LogP contribution in [-0.4, -0.2) is 35.2 Å². The fourth-order valence-electron chi connectivity index (χ4n) is 2.29. The Bertz CT molecular complexity index is 761. The van der Waals surface area contributed by atoms with Gasteiger partial charge in [0.05, 0.1) is 15.8 Å². The molecule has 2 rings (SSSR count). The monoisotopic (exact) mass is 361 g/mol. The molecule has 132 valence electrons. The number of nitrogens with one attached hydrogen (secondary N) is 1. The lowest BCUT2D eigenvalue weighted by molar-refractivity contribution is -0.384. The van der Waals surface area contributed by atoms with E-state index in [4.69, 9.17) is 0 Å². The van der Waals surface area contributed by atoms with Crippen molar-refractivity contribution in [3.05, 3.63) is 62.3 Å². The van der Waals surface area contributed by atoms with Crippen LogP contribution in [0.25, 0.3) is 0 Å². The quantitative estimate of drug-likeness (QED) is 0.606. The van der Waals surface area contributed by atoms with Gasteiger partial charge in [-0.1, -0.05) is 18.2 Å². The van der Waals surface area contributed by atoms with Gasteiger partial charge in [0.1, 0.15) is 0 Å². The van der Waals surface area contributed by atoms with Crippen LogP contribution in [0.2, 0.25) is 0 Å². The summed E-state index contributed by atoms with van der Waals surface area (Å²) in [7, 11) is 1.65. The standard InChI is InChI=1S/C17H19N3O4S/c1-12(13-5-3-6-14(11-13)20(23)24)19(2)16(21)8-9-18-17(22)15-7-4-10-25-15/h3-7,10-12H,8-9H2,1-2H3,(H,18,22)/t12-/m0/s1. The molecular weight excluding hydrogens is 342 g/mol. The lowest BCUT2D eigenvalue weighted by atomic mass is 10.1. The molecule has 0 bridgehead atoms. The first kappa shape index (κ1) is 18.6. The number of amides is 2. The number of carbonyl (C=O) groups excluding carboxylic acids is 2. The number of nitro groups is 1. The van der Waals surface area contributed by atoms with Crippen molar-refractivity contribution in [2.24, 2.45) is 0 Å². The van der Waals surface area contributed by atoms with Crippen molar-refractivity contribution in [1.82, 2.24) is 10.2 Å². The largest absolute Gasteiger partial charge is 0.351 e. The first-order valence-corrected chi connectivity index (χ1v) is 8.60. The fraction of sp³-hybridized carbons (Fsp3) is 0.294. The maximum Gasteiger partial charge on any atom is 0.269 e. The van der Waals surface area contributed by atoms with E-state index in [1.165, 1.54) is 28.4 Å². The van der Waals surface area contributed by atoms with E-state index < -0.39 is 4.92 Å². The van der Waals surface area contributed by atoms with Crippen molar-refractivity contribution in [1.29, 1.82) is 0 Å². The van der Waals surface area contributed by atoms with Crippen LogP contribution in [0.5, 0.6) is 0 Å². The average molecular weight is 361 g/mol. The molecule has 0 aliphatic carbocycles. The molecule has 1 heterocycles. The number of benzene rings is 1. The zero-order chi connectivity index (χ0) is 18.4. The number of hydrogen-bond donors (Lipinski definition) is 1. The van der Waals surface area contributed by atoms with Gasteiger partial charge in [-0.15, -0.1) is 11.3 Å². The van der Waals surface area contributed by atoms with E-state index >= 15 is 0 Å². The molecule has 7 nitrogen and oxygen atoms in total. The predicted octanol–water partition coefficient (Wildman–Crippen LogP) is 3.00. The van der Waals surface area contributed by atoms with E-state index in [1.54, 1.807) is 38.2 Å². The highest BCUT2D eigenvalue weighted by atomic mass is 32.1. The van der Waals surface area contributed by atoms with Crippen LogP contribution in [0.15, 0.2) is 41.8 Å². The number of rotatable bonds is 7. The van der Waals surface area contributed by atoms with Gasteiger partial charge in [0.2, 0.25) is 5.91 Å². The SMILES string of the molecule is C[C@@H](c1cccc([N+](=O)[O-])c1)N(C)C(=O)CCNC(=O)c1cccs1. The second-order valence-electron chi connectivity index (χ2n) is 5.52. The molecule has 0 aliphatic rings. The minimum absolute atomic E-state index is 0.00610. The van der Waals surface area contributed by atoms with Crippen LogP contribution >= 0.6 is 11.3 Å². The molecule has 0 fully saturated rings. The highest BCUT2D eigenvalue weighted by Gasteiger charge is 2.19. The van der Waals surface area contributed by atoms with Crippen LogP contribution in [0.3, 0.4) is 0 Å². The molecule has 25 heavy (non-hydrogen) atoms. The molecule has 0 radical (unpaired) electrons. The normalized spacial score (nSPS) is 11.6. The summed E-state index contributed by atoms with van der Waals surface area (Å²) < 4.78 is 0. The van der Waals surface area contributed by atoms with Gasteiger partial charge in [-0.3, -0.25) is 19.7 Å². The highest BCUT2D eigenvalue weighted by molar-refractivity contribution is 7.12. The summed E-state index contributed by atoms with van der Waals surface area (Å²) in [4.78, 5) is 36.6. The average Bonchev–Trinajstić information content (AvgIpc) is 3.15. The van der Waals surface area contributed by atoms with Crippen LogP contribution in [0.4, 0.5) is 5.69 Å². The Hall–Kier alpha value is -2.74. The molecule has 8 heteroatoms. The van der Waals surface area contributed by atoms with Crippen LogP contribution in [0, 0.1) is 10.1 Å². The lowest BCUT2D eigenvalue weighted by Crippen LogP contribution is -2.33. The van der Waals surface area contributed by atoms with Gasteiger partial charge in [-0.05, 0) is 23.9 Å². The molecule has 1 N–H and O–H groups in total. The Morgan fingerprint density at radius 3 is 2.72 bits per heavy atom. The van der Waals surface area contributed by atoms with Crippen molar-refractivity contribution >= 4 is 28.8 Å². The fourth-order valence-corrected chi connectivity index (χ4v) is 2.93. The van der Waals surface area contributed by atoms with Crippen molar-refractivity contribution in [3.63, 3.8) is 0 Å². The smallest absolute Gasteiger partial charge is 0.269 e. The number of thiophene rings is 1. The molecule has 0 saturated heterocycles. The van der Waals surface area contributed by atoms with E-state index in [-0.39, 0.29) is 36.5 Å². The van der Waals surface area contributed by atoms with Gasteiger partial charge in [0.15, 0.2) is 0 Å². The molecule has 0 spiro atoms. The summed E-state index contributed by atoms with van der Waals surface area (Å²) in [6, 6.07) is 9.44. The summed E-state index contributed by atoms with van der Waals surface area (Å²) in [6.07, 6.45) is 0.160. The zero-order valence-corrected chi connectivity index (χ0v) is 14.8. The summed E-state index contributed by atoms with van der Waals surface area (Å²) in [5.74, 6) is -0.345.